The van der Waals surface area contributed by atoms with Gasteiger partial charge < -0.3 is 4.74 Å². The topological polar surface area (TPSA) is 52.3 Å². The molecule has 3 aromatic rings. The van der Waals surface area contributed by atoms with Crippen LogP contribution in [0, 0.1) is 5.82 Å². The van der Waals surface area contributed by atoms with E-state index in [1.807, 2.05) is 0 Å². The van der Waals surface area contributed by atoms with Crippen LogP contribution in [-0.2, 0) is 6.18 Å². The van der Waals surface area contributed by atoms with Gasteiger partial charge in [0.25, 0.3) is 5.82 Å². The molecule has 5 nitrogen and oxygen atoms in total. The van der Waals surface area contributed by atoms with Crippen LogP contribution in [0.5, 0.6) is 11.6 Å². The van der Waals surface area contributed by atoms with Crippen LogP contribution < -0.4 is 4.74 Å². The van der Waals surface area contributed by atoms with Gasteiger partial charge in [-0.25, -0.2) is 4.39 Å². The smallest absolute Gasteiger partial charge is 0.437 e. The maximum absolute atomic E-state index is 13.0. The van der Waals surface area contributed by atoms with Gasteiger partial charge in [-0.1, -0.05) is 6.07 Å². The first kappa shape index (κ1) is 13.3. The second-order valence-electron chi connectivity index (χ2n) is 4.02. The first-order valence-corrected chi connectivity index (χ1v) is 5.66. The molecule has 0 aliphatic carbocycles. The Bertz CT molecular complexity index is 799. The summed E-state index contributed by atoms with van der Waals surface area (Å²) >= 11 is 0. The van der Waals surface area contributed by atoms with Gasteiger partial charge in [-0.15, -0.1) is 15.3 Å². The van der Waals surface area contributed by atoms with Crippen molar-refractivity contribution < 1.29 is 22.3 Å². The molecule has 0 atom stereocenters. The number of aromatic nitrogens is 4. The van der Waals surface area contributed by atoms with Crippen molar-refractivity contribution in [1.82, 2.24) is 19.8 Å². The molecule has 0 radical (unpaired) electrons. The Balaban J connectivity index is 2.00. The fraction of sp³-hybridized carbons (Fsp3) is 0.0833. The van der Waals surface area contributed by atoms with Crippen molar-refractivity contribution in [3.63, 3.8) is 0 Å². The van der Waals surface area contributed by atoms with Crippen LogP contribution in [-0.4, -0.2) is 19.8 Å². The lowest BCUT2D eigenvalue weighted by atomic mass is 10.3. The maximum atomic E-state index is 13.0. The summed E-state index contributed by atoms with van der Waals surface area (Å²) in [7, 11) is 0. The third-order valence-corrected chi connectivity index (χ3v) is 2.51. The average Bonchev–Trinajstić information content (AvgIpc) is 2.81. The third-order valence-electron chi connectivity index (χ3n) is 2.51. The van der Waals surface area contributed by atoms with E-state index in [1.54, 1.807) is 0 Å². The van der Waals surface area contributed by atoms with Gasteiger partial charge in [-0.3, -0.25) is 0 Å². The van der Waals surface area contributed by atoms with Crippen molar-refractivity contribution >= 4 is 5.65 Å². The Kier molecular flexibility index (Phi) is 2.96. The van der Waals surface area contributed by atoms with Crippen molar-refractivity contribution in [2.75, 3.05) is 0 Å². The molecule has 0 bridgehead atoms. The van der Waals surface area contributed by atoms with Gasteiger partial charge in [0.15, 0.2) is 5.65 Å². The normalized spacial score (nSPS) is 11.8. The minimum atomic E-state index is -4.69. The summed E-state index contributed by atoms with van der Waals surface area (Å²) in [4.78, 5) is 0. The summed E-state index contributed by atoms with van der Waals surface area (Å²) in [6.07, 6.45) is -4.69. The minimum Gasteiger partial charge on any atom is -0.437 e. The van der Waals surface area contributed by atoms with Gasteiger partial charge in [-0.2, -0.15) is 17.7 Å². The summed E-state index contributed by atoms with van der Waals surface area (Å²) in [5.41, 5.74) is -0.0751. The van der Waals surface area contributed by atoms with Crippen molar-refractivity contribution in [1.29, 1.82) is 0 Å². The number of hydrogen-bond donors (Lipinski definition) is 0. The number of ether oxygens (including phenoxy) is 1. The molecule has 2 heterocycles. The highest BCUT2D eigenvalue weighted by atomic mass is 19.4. The van der Waals surface area contributed by atoms with Crippen LogP contribution in [0.4, 0.5) is 17.6 Å². The molecule has 2 aromatic heterocycles. The van der Waals surface area contributed by atoms with E-state index in [4.69, 9.17) is 4.74 Å². The van der Waals surface area contributed by atoms with Crippen molar-refractivity contribution in [3.05, 3.63) is 48.0 Å². The molecule has 9 heteroatoms. The van der Waals surface area contributed by atoms with Crippen LogP contribution in [0.2, 0.25) is 0 Å². The number of rotatable bonds is 2. The number of hydrogen-bond acceptors (Lipinski definition) is 4. The summed E-state index contributed by atoms with van der Waals surface area (Å²) in [5, 5.41) is 10.1. The van der Waals surface area contributed by atoms with E-state index in [2.05, 4.69) is 15.3 Å². The number of fused-ring (bicyclic) bond motifs is 1. The average molecular weight is 298 g/mol. The Morgan fingerprint density at radius 2 is 1.86 bits per heavy atom. The number of halogens is 4. The molecule has 0 saturated carbocycles. The van der Waals surface area contributed by atoms with Gasteiger partial charge >= 0.3 is 6.18 Å². The van der Waals surface area contributed by atoms with Crippen molar-refractivity contribution in [2.24, 2.45) is 0 Å². The van der Waals surface area contributed by atoms with Gasteiger partial charge in [0.05, 0.1) is 0 Å². The summed E-state index contributed by atoms with van der Waals surface area (Å²) in [6, 6.07) is 7.74. The molecule has 0 aliphatic rings. The van der Waals surface area contributed by atoms with Crippen LogP contribution in [0.15, 0.2) is 36.4 Å². The van der Waals surface area contributed by atoms with Crippen LogP contribution in [0.3, 0.4) is 0 Å². The molecule has 0 spiro atoms. The molecule has 21 heavy (non-hydrogen) atoms. The molecule has 0 aliphatic heterocycles. The molecule has 3 rings (SSSR count). The van der Waals surface area contributed by atoms with E-state index in [-0.39, 0.29) is 17.3 Å². The van der Waals surface area contributed by atoms with Crippen LogP contribution in [0.25, 0.3) is 5.65 Å². The highest BCUT2D eigenvalue weighted by Crippen LogP contribution is 2.28. The molecule has 0 saturated heterocycles. The molecule has 0 unspecified atom stereocenters. The van der Waals surface area contributed by atoms with E-state index in [1.165, 1.54) is 30.3 Å². The Morgan fingerprint density at radius 3 is 2.57 bits per heavy atom. The van der Waals surface area contributed by atoms with Crippen LogP contribution >= 0.6 is 0 Å². The Hall–Kier alpha value is -2.71. The molecule has 0 amide bonds. The number of benzene rings is 1. The summed E-state index contributed by atoms with van der Waals surface area (Å²) in [5.74, 6) is -1.82. The highest BCUT2D eigenvalue weighted by Gasteiger charge is 2.37. The van der Waals surface area contributed by atoms with Crippen LogP contribution in [0.1, 0.15) is 5.82 Å². The highest BCUT2D eigenvalue weighted by molar-refractivity contribution is 5.39. The monoisotopic (exact) mass is 298 g/mol. The summed E-state index contributed by atoms with van der Waals surface area (Å²) in [6.45, 7) is 0. The Labute approximate surface area is 114 Å². The fourth-order valence-electron chi connectivity index (χ4n) is 1.65. The standard InChI is InChI=1S/C12H6F4N4O/c13-7-2-1-3-8(6-7)21-10-5-4-9-17-18-11(12(14,15)16)20(9)19-10/h1-6H. The zero-order valence-corrected chi connectivity index (χ0v) is 10.2. The lowest BCUT2D eigenvalue weighted by molar-refractivity contribution is -0.146. The first-order valence-electron chi connectivity index (χ1n) is 5.66. The van der Waals surface area contributed by atoms with Crippen molar-refractivity contribution in [3.8, 4) is 11.6 Å². The van der Waals surface area contributed by atoms with Crippen molar-refractivity contribution in [2.45, 2.75) is 6.18 Å². The number of alkyl halides is 3. The Morgan fingerprint density at radius 1 is 1.05 bits per heavy atom. The first-order chi connectivity index (χ1) is 9.93. The van der Waals surface area contributed by atoms with Gasteiger partial charge in [0.1, 0.15) is 11.6 Å². The largest absolute Gasteiger partial charge is 0.453 e. The minimum absolute atomic E-state index is 0.0751. The predicted octanol–water partition coefficient (Wildman–Crippen LogP) is 3.07. The van der Waals surface area contributed by atoms with E-state index in [0.29, 0.717) is 4.52 Å². The second kappa shape index (κ2) is 4.69. The van der Waals surface area contributed by atoms with Gasteiger partial charge in [0, 0.05) is 12.1 Å². The molecule has 108 valence electrons. The third kappa shape index (κ3) is 2.62. The van der Waals surface area contributed by atoms with Gasteiger partial charge in [-0.05, 0) is 18.2 Å². The molecular weight excluding hydrogens is 292 g/mol. The molecule has 0 N–H and O–H groups in total. The van der Waals surface area contributed by atoms with E-state index >= 15 is 0 Å². The summed E-state index contributed by atoms with van der Waals surface area (Å²) < 4.78 is 56.9. The zero-order valence-electron chi connectivity index (χ0n) is 10.2. The van der Waals surface area contributed by atoms with E-state index in [0.717, 1.165) is 6.07 Å². The molecule has 0 fully saturated rings. The number of nitrogens with zero attached hydrogens (tertiary/aromatic N) is 4. The zero-order chi connectivity index (χ0) is 15.0. The lowest BCUT2D eigenvalue weighted by Gasteiger charge is -2.06. The van der Waals surface area contributed by atoms with E-state index < -0.39 is 17.8 Å². The van der Waals surface area contributed by atoms with E-state index in [9.17, 15) is 17.6 Å². The predicted molar refractivity (Wildman–Crippen MR) is 62.3 cm³/mol. The molecular formula is C12H6F4N4O. The molecule has 1 aromatic carbocycles. The maximum Gasteiger partial charge on any atom is 0.453 e. The fourth-order valence-corrected chi connectivity index (χ4v) is 1.65. The quantitative estimate of drug-likeness (QED) is 0.682. The lowest BCUT2D eigenvalue weighted by Crippen LogP contribution is -2.12. The second-order valence-corrected chi connectivity index (χ2v) is 4.02. The van der Waals surface area contributed by atoms with Gasteiger partial charge in [0.2, 0.25) is 5.88 Å². The SMILES string of the molecule is Fc1cccc(Oc2ccc3nnc(C(F)(F)F)n3n2)c1.